The van der Waals surface area contributed by atoms with Crippen molar-refractivity contribution < 1.29 is 22.4 Å². The summed E-state index contributed by atoms with van der Waals surface area (Å²) in [6, 6.07) is 12.3. The molecule has 10 heteroatoms. The first-order valence-corrected chi connectivity index (χ1v) is 14.5. The smallest absolute Gasteiger partial charge is 0.304 e. The number of nitrogens with zero attached hydrogens (tertiary/aromatic N) is 3. The van der Waals surface area contributed by atoms with E-state index in [0.29, 0.717) is 6.42 Å². The largest absolute Gasteiger partial charge is 0.352 e. The van der Waals surface area contributed by atoms with Gasteiger partial charge in [-0.3, -0.25) is 9.59 Å². The Morgan fingerprint density at radius 2 is 1.66 bits per heavy atom. The lowest BCUT2D eigenvalue weighted by molar-refractivity contribution is -0.140. The Balaban J connectivity index is 1.96. The highest BCUT2D eigenvalue weighted by Gasteiger charge is 2.35. The predicted octanol–water partition coefficient (Wildman–Crippen LogP) is 4.00. The zero-order valence-electron chi connectivity index (χ0n) is 22.7. The molecule has 1 aliphatic rings. The van der Waals surface area contributed by atoms with Crippen molar-refractivity contribution in [2.75, 3.05) is 24.9 Å². The van der Waals surface area contributed by atoms with Crippen molar-refractivity contribution in [1.82, 2.24) is 14.5 Å². The summed E-state index contributed by atoms with van der Waals surface area (Å²) in [5.41, 5.74) is 1.63. The second-order valence-corrected chi connectivity index (χ2v) is 12.1. The summed E-state index contributed by atoms with van der Waals surface area (Å²) in [5, 5.41) is 3.11. The minimum Gasteiger partial charge on any atom is -0.352 e. The molecule has 2 amide bonds. The molecular formula is C28H39FN4O4S. The summed E-state index contributed by atoms with van der Waals surface area (Å²) >= 11 is 0. The summed E-state index contributed by atoms with van der Waals surface area (Å²) in [6.45, 7) is 3.24. The van der Waals surface area contributed by atoms with Gasteiger partial charge in [-0.05, 0) is 43.9 Å². The van der Waals surface area contributed by atoms with Crippen molar-refractivity contribution in [3.05, 3.63) is 65.5 Å². The summed E-state index contributed by atoms with van der Waals surface area (Å²) in [5.74, 6) is -1.62. The van der Waals surface area contributed by atoms with Crippen LogP contribution in [-0.2, 0) is 26.3 Å². The Bertz CT molecular complexity index is 1200. The molecule has 2 aromatic rings. The summed E-state index contributed by atoms with van der Waals surface area (Å²) in [7, 11) is -1.57. The fourth-order valence-corrected chi connectivity index (χ4v) is 5.77. The molecule has 1 fully saturated rings. The van der Waals surface area contributed by atoms with Crippen LogP contribution in [0.4, 0.5) is 10.1 Å². The van der Waals surface area contributed by atoms with Crippen LogP contribution in [0.5, 0.6) is 0 Å². The van der Waals surface area contributed by atoms with Gasteiger partial charge in [-0.15, -0.1) is 0 Å². The molecule has 0 aromatic heterocycles. The molecule has 0 bridgehead atoms. The molecule has 1 unspecified atom stereocenters. The van der Waals surface area contributed by atoms with Crippen molar-refractivity contribution in [2.24, 2.45) is 0 Å². The lowest BCUT2D eigenvalue weighted by Gasteiger charge is -2.35. The second-order valence-electron chi connectivity index (χ2n) is 10.0. The van der Waals surface area contributed by atoms with E-state index in [1.807, 2.05) is 38.1 Å². The fourth-order valence-electron chi connectivity index (χ4n) is 4.71. The minimum absolute atomic E-state index is 0.0608. The number of nitrogens with one attached hydrogen (secondary N) is 1. The number of carbonyl (C=O) groups excluding carboxylic acids is 2. The quantitative estimate of drug-likeness (QED) is 0.461. The normalized spacial score (nSPS) is 15.2. The number of benzene rings is 2. The van der Waals surface area contributed by atoms with Gasteiger partial charge < -0.3 is 10.2 Å². The monoisotopic (exact) mass is 546 g/mol. The Morgan fingerprint density at radius 1 is 1.03 bits per heavy atom. The maximum Gasteiger partial charge on any atom is 0.304 e. The van der Waals surface area contributed by atoms with E-state index < -0.39 is 34.5 Å². The number of hydrogen-bond donors (Lipinski definition) is 1. The number of amides is 2. The molecule has 2 aromatic carbocycles. The first kappa shape index (κ1) is 29.6. The third-order valence-corrected chi connectivity index (χ3v) is 8.76. The molecule has 0 heterocycles. The van der Waals surface area contributed by atoms with E-state index in [0.717, 1.165) is 57.9 Å². The molecular weight excluding hydrogens is 507 g/mol. The molecule has 3 rings (SSSR count). The molecule has 8 nitrogen and oxygen atoms in total. The van der Waals surface area contributed by atoms with Crippen molar-refractivity contribution in [3.63, 3.8) is 0 Å². The van der Waals surface area contributed by atoms with Gasteiger partial charge in [0.1, 0.15) is 18.4 Å². The Kier molecular flexibility index (Phi) is 10.3. The Morgan fingerprint density at radius 3 is 2.24 bits per heavy atom. The van der Waals surface area contributed by atoms with E-state index in [9.17, 15) is 22.4 Å². The van der Waals surface area contributed by atoms with Crippen LogP contribution in [0.15, 0.2) is 48.5 Å². The molecule has 0 radical (unpaired) electrons. The van der Waals surface area contributed by atoms with Gasteiger partial charge in [-0.2, -0.15) is 12.7 Å². The van der Waals surface area contributed by atoms with E-state index in [1.165, 1.54) is 37.2 Å². The molecule has 0 saturated heterocycles. The van der Waals surface area contributed by atoms with E-state index in [2.05, 4.69) is 5.32 Å². The van der Waals surface area contributed by atoms with Gasteiger partial charge >= 0.3 is 10.2 Å². The van der Waals surface area contributed by atoms with E-state index in [-0.39, 0.29) is 24.2 Å². The number of hydrogen-bond acceptors (Lipinski definition) is 4. The average molecular weight is 547 g/mol. The van der Waals surface area contributed by atoms with Crippen LogP contribution in [0.25, 0.3) is 0 Å². The topological polar surface area (TPSA) is 90.0 Å². The van der Waals surface area contributed by atoms with Gasteiger partial charge in [-0.25, -0.2) is 8.70 Å². The number of rotatable bonds is 11. The molecule has 38 heavy (non-hydrogen) atoms. The number of aryl methyl sites for hydroxylation is 1. The first-order chi connectivity index (χ1) is 18.0. The summed E-state index contributed by atoms with van der Waals surface area (Å²) in [4.78, 5) is 28.7. The van der Waals surface area contributed by atoms with E-state index in [4.69, 9.17) is 0 Å². The number of carbonyl (C=O) groups is 2. The van der Waals surface area contributed by atoms with Crippen LogP contribution in [0, 0.1) is 12.7 Å². The Labute approximate surface area is 226 Å². The van der Waals surface area contributed by atoms with Crippen molar-refractivity contribution in [2.45, 2.75) is 71.0 Å². The standard InChI is InChI=1S/C28H39FN4O4S/c1-5-25(28(35)30-23-11-7-6-8-12-23)32(19-22-17-15-21(2)16-18-22)27(34)20-33(38(36,37)31(3)4)26-14-10-9-13-24(26)29/h9-10,13-18,23,25H,5-8,11-12,19-20H2,1-4H3,(H,30,35). The SMILES string of the molecule is CCC(C(=O)NC1CCCCC1)N(Cc1ccc(C)cc1)C(=O)CN(c1ccccc1F)S(=O)(=O)N(C)C. The summed E-state index contributed by atoms with van der Waals surface area (Å²) in [6.07, 6.45) is 5.39. The first-order valence-electron chi connectivity index (χ1n) is 13.1. The van der Waals surface area contributed by atoms with Crippen LogP contribution in [0.2, 0.25) is 0 Å². The van der Waals surface area contributed by atoms with Gasteiger partial charge in [0.2, 0.25) is 11.8 Å². The van der Waals surface area contributed by atoms with E-state index in [1.54, 1.807) is 0 Å². The third kappa shape index (κ3) is 7.32. The van der Waals surface area contributed by atoms with Gasteiger partial charge in [-0.1, -0.05) is 68.1 Å². The van der Waals surface area contributed by atoms with Crippen molar-refractivity contribution in [1.29, 1.82) is 0 Å². The van der Waals surface area contributed by atoms with Gasteiger partial charge in [0.05, 0.1) is 5.69 Å². The zero-order chi connectivity index (χ0) is 27.9. The highest BCUT2D eigenvalue weighted by atomic mass is 32.2. The lowest BCUT2D eigenvalue weighted by Crippen LogP contribution is -2.54. The number of anilines is 1. The molecule has 1 saturated carbocycles. The van der Waals surface area contributed by atoms with Gasteiger partial charge in [0, 0.05) is 26.7 Å². The molecule has 1 atom stereocenters. The van der Waals surface area contributed by atoms with Crippen LogP contribution in [-0.4, -0.2) is 62.2 Å². The maximum absolute atomic E-state index is 14.8. The number of halogens is 1. The highest BCUT2D eigenvalue weighted by molar-refractivity contribution is 7.90. The van der Waals surface area contributed by atoms with E-state index >= 15 is 0 Å². The molecule has 1 aliphatic carbocycles. The maximum atomic E-state index is 14.8. The van der Waals surface area contributed by atoms with Crippen LogP contribution < -0.4 is 9.62 Å². The van der Waals surface area contributed by atoms with Crippen LogP contribution in [0.3, 0.4) is 0 Å². The number of para-hydroxylation sites is 1. The third-order valence-electron chi connectivity index (χ3n) is 6.95. The average Bonchev–Trinajstić information content (AvgIpc) is 2.89. The van der Waals surface area contributed by atoms with Crippen molar-refractivity contribution >= 4 is 27.7 Å². The fraction of sp³-hybridized carbons (Fsp3) is 0.500. The predicted molar refractivity (Wildman–Crippen MR) is 147 cm³/mol. The lowest BCUT2D eigenvalue weighted by atomic mass is 9.95. The molecule has 0 spiro atoms. The highest BCUT2D eigenvalue weighted by Crippen LogP contribution is 2.24. The van der Waals surface area contributed by atoms with Crippen LogP contribution >= 0.6 is 0 Å². The Hall–Kier alpha value is -2.98. The summed E-state index contributed by atoms with van der Waals surface area (Å²) < 4.78 is 42.9. The van der Waals surface area contributed by atoms with Gasteiger partial charge in [0.15, 0.2) is 0 Å². The van der Waals surface area contributed by atoms with Crippen LogP contribution in [0.1, 0.15) is 56.6 Å². The van der Waals surface area contributed by atoms with Gasteiger partial charge in [0.25, 0.3) is 0 Å². The molecule has 0 aliphatic heterocycles. The van der Waals surface area contributed by atoms with Crippen molar-refractivity contribution in [3.8, 4) is 0 Å². The zero-order valence-corrected chi connectivity index (χ0v) is 23.5. The molecule has 1 N–H and O–H groups in total. The minimum atomic E-state index is -4.22. The molecule has 208 valence electrons. The second kappa shape index (κ2) is 13.2.